The second-order valence-electron chi connectivity index (χ2n) is 5.90. The maximum absolute atomic E-state index is 11.7. The number of primary amides is 1. The van der Waals surface area contributed by atoms with Crippen molar-refractivity contribution in [1.82, 2.24) is 9.55 Å². The summed E-state index contributed by atoms with van der Waals surface area (Å²) in [5.74, 6) is 0.548. The van der Waals surface area contributed by atoms with E-state index in [1.807, 2.05) is 18.4 Å². The van der Waals surface area contributed by atoms with Gasteiger partial charge in [-0.25, -0.2) is 4.98 Å². The molecule has 2 N–H and O–H groups in total. The Bertz CT molecular complexity index is 768. The van der Waals surface area contributed by atoms with E-state index in [1.54, 1.807) is 11.3 Å². The molecule has 2 rings (SSSR count). The Labute approximate surface area is 162 Å². The molecule has 8 heteroatoms. The highest BCUT2D eigenvalue weighted by Gasteiger charge is 2.18. The Kier molecular flexibility index (Phi) is 7.71. The second-order valence-corrected chi connectivity index (χ2v) is 7.95. The highest BCUT2D eigenvalue weighted by Crippen LogP contribution is 2.28. The normalized spacial score (nSPS) is 10.9. The topological polar surface area (TPSA) is 87.2 Å². The SMILES string of the molecule is CCCCn1c(-c2csc(CCSCC(=O)OC)n2)cc(C(N)=O)c1C. The molecule has 0 bridgehead atoms. The van der Waals surface area contributed by atoms with Crippen molar-refractivity contribution in [2.24, 2.45) is 5.73 Å². The van der Waals surface area contributed by atoms with Gasteiger partial charge in [0.1, 0.15) is 0 Å². The minimum Gasteiger partial charge on any atom is -0.468 e. The third kappa shape index (κ3) is 5.11. The Morgan fingerprint density at radius 1 is 1.42 bits per heavy atom. The number of nitrogens with two attached hydrogens (primary N) is 1. The van der Waals surface area contributed by atoms with Crippen molar-refractivity contribution in [3.05, 3.63) is 27.7 Å². The van der Waals surface area contributed by atoms with Gasteiger partial charge in [-0.05, 0) is 19.4 Å². The van der Waals surface area contributed by atoms with Crippen LogP contribution in [0.4, 0.5) is 0 Å². The number of unbranched alkanes of at least 4 members (excludes halogenated alkanes) is 1. The van der Waals surface area contributed by atoms with E-state index in [2.05, 4.69) is 16.2 Å². The van der Waals surface area contributed by atoms with E-state index in [9.17, 15) is 9.59 Å². The molecule has 2 aromatic heterocycles. The van der Waals surface area contributed by atoms with Crippen LogP contribution in [0.15, 0.2) is 11.4 Å². The highest BCUT2D eigenvalue weighted by molar-refractivity contribution is 7.99. The number of thiazole rings is 1. The third-order valence-corrected chi connectivity index (χ3v) is 5.93. The molecule has 0 aliphatic heterocycles. The summed E-state index contributed by atoms with van der Waals surface area (Å²) in [5.41, 5.74) is 8.77. The average molecular weight is 396 g/mol. The number of carbonyl (C=O) groups excluding carboxylic acids is 2. The lowest BCUT2D eigenvalue weighted by Crippen LogP contribution is -2.12. The van der Waals surface area contributed by atoms with Gasteiger partial charge in [0.2, 0.25) is 0 Å². The summed E-state index contributed by atoms with van der Waals surface area (Å²) in [5, 5.41) is 3.03. The Balaban J connectivity index is 2.13. The molecule has 0 aliphatic carbocycles. The van der Waals surface area contributed by atoms with Gasteiger partial charge in [-0.2, -0.15) is 0 Å². The first kappa shape index (κ1) is 20.5. The van der Waals surface area contributed by atoms with Gasteiger partial charge >= 0.3 is 5.97 Å². The van der Waals surface area contributed by atoms with Crippen LogP contribution >= 0.6 is 23.1 Å². The van der Waals surface area contributed by atoms with Crippen LogP contribution in [0, 0.1) is 6.92 Å². The molecule has 2 heterocycles. The van der Waals surface area contributed by atoms with Crippen LogP contribution in [-0.2, 0) is 22.5 Å². The predicted octanol–water partition coefficient (Wildman–Crippen LogP) is 3.27. The van der Waals surface area contributed by atoms with Gasteiger partial charge in [-0.3, -0.25) is 9.59 Å². The molecule has 0 radical (unpaired) electrons. The average Bonchev–Trinajstić information content (AvgIpc) is 3.21. The Morgan fingerprint density at radius 2 is 2.19 bits per heavy atom. The summed E-state index contributed by atoms with van der Waals surface area (Å²) in [4.78, 5) is 27.5. The molecule has 0 saturated carbocycles. The summed E-state index contributed by atoms with van der Waals surface area (Å²) < 4.78 is 6.76. The summed E-state index contributed by atoms with van der Waals surface area (Å²) in [7, 11) is 1.39. The van der Waals surface area contributed by atoms with Crippen molar-refractivity contribution >= 4 is 35.0 Å². The Hall–Kier alpha value is -1.80. The fourth-order valence-corrected chi connectivity index (χ4v) is 4.32. The number of aryl methyl sites for hydroxylation is 1. The third-order valence-electron chi connectivity index (χ3n) is 4.09. The van der Waals surface area contributed by atoms with Gasteiger partial charge in [-0.1, -0.05) is 13.3 Å². The van der Waals surface area contributed by atoms with Gasteiger partial charge in [0.15, 0.2) is 0 Å². The maximum Gasteiger partial charge on any atom is 0.315 e. The molecule has 0 unspecified atom stereocenters. The summed E-state index contributed by atoms with van der Waals surface area (Å²) in [6.45, 7) is 4.91. The van der Waals surface area contributed by atoms with E-state index in [0.717, 1.165) is 53.6 Å². The molecule has 26 heavy (non-hydrogen) atoms. The van der Waals surface area contributed by atoms with Crippen molar-refractivity contribution in [2.75, 3.05) is 18.6 Å². The molecule has 0 saturated heterocycles. The first-order valence-electron chi connectivity index (χ1n) is 8.57. The molecule has 0 spiro atoms. The first-order chi connectivity index (χ1) is 12.5. The largest absolute Gasteiger partial charge is 0.468 e. The number of hydrogen-bond donors (Lipinski definition) is 1. The van der Waals surface area contributed by atoms with E-state index in [1.165, 1.54) is 18.9 Å². The highest BCUT2D eigenvalue weighted by atomic mass is 32.2. The quantitative estimate of drug-likeness (QED) is 0.493. The molecule has 0 aromatic carbocycles. The van der Waals surface area contributed by atoms with Crippen LogP contribution in [0.5, 0.6) is 0 Å². The molecule has 6 nitrogen and oxygen atoms in total. The minimum atomic E-state index is -0.409. The second kappa shape index (κ2) is 9.78. The molecule has 0 atom stereocenters. The lowest BCUT2D eigenvalue weighted by molar-refractivity contribution is -0.137. The van der Waals surface area contributed by atoms with Crippen LogP contribution < -0.4 is 5.73 Å². The smallest absolute Gasteiger partial charge is 0.315 e. The molecule has 0 aliphatic rings. The lowest BCUT2D eigenvalue weighted by atomic mass is 10.2. The first-order valence-corrected chi connectivity index (χ1v) is 10.6. The van der Waals surface area contributed by atoms with Crippen molar-refractivity contribution in [1.29, 1.82) is 0 Å². The zero-order valence-electron chi connectivity index (χ0n) is 15.4. The van der Waals surface area contributed by atoms with Crippen molar-refractivity contribution in [2.45, 2.75) is 39.7 Å². The zero-order chi connectivity index (χ0) is 19.1. The van der Waals surface area contributed by atoms with Gasteiger partial charge < -0.3 is 15.0 Å². The number of carbonyl (C=O) groups is 2. The van der Waals surface area contributed by atoms with E-state index >= 15 is 0 Å². The van der Waals surface area contributed by atoms with Crippen LogP contribution in [0.25, 0.3) is 11.4 Å². The van der Waals surface area contributed by atoms with E-state index in [-0.39, 0.29) is 5.97 Å². The molecule has 1 amide bonds. The monoisotopic (exact) mass is 395 g/mol. The number of amides is 1. The number of esters is 1. The number of methoxy groups -OCH3 is 1. The molecular formula is C18H25N3O3S2. The number of aromatic nitrogens is 2. The number of ether oxygens (including phenoxy) is 1. The predicted molar refractivity (Wildman–Crippen MR) is 107 cm³/mol. The summed E-state index contributed by atoms with van der Waals surface area (Å²) in [6, 6.07) is 1.85. The summed E-state index contributed by atoms with van der Waals surface area (Å²) >= 11 is 3.13. The molecule has 142 valence electrons. The molecule has 0 fully saturated rings. The van der Waals surface area contributed by atoms with E-state index in [4.69, 9.17) is 10.7 Å². The van der Waals surface area contributed by atoms with Crippen molar-refractivity contribution in [3.63, 3.8) is 0 Å². The van der Waals surface area contributed by atoms with Crippen LogP contribution in [-0.4, -0.2) is 40.0 Å². The van der Waals surface area contributed by atoms with Gasteiger partial charge in [0, 0.05) is 29.8 Å². The van der Waals surface area contributed by atoms with Crippen molar-refractivity contribution in [3.8, 4) is 11.4 Å². The molecule has 2 aromatic rings. The van der Waals surface area contributed by atoms with Gasteiger partial charge in [0.05, 0.1) is 34.8 Å². The maximum atomic E-state index is 11.7. The van der Waals surface area contributed by atoms with E-state index < -0.39 is 5.91 Å². The molecular weight excluding hydrogens is 370 g/mol. The fraction of sp³-hybridized carbons (Fsp3) is 0.500. The minimum absolute atomic E-state index is 0.210. The zero-order valence-corrected chi connectivity index (χ0v) is 17.0. The van der Waals surface area contributed by atoms with Crippen LogP contribution in [0.1, 0.15) is 40.8 Å². The van der Waals surface area contributed by atoms with Crippen LogP contribution in [0.3, 0.4) is 0 Å². The van der Waals surface area contributed by atoms with Gasteiger partial charge in [-0.15, -0.1) is 23.1 Å². The number of hydrogen-bond acceptors (Lipinski definition) is 6. The number of rotatable bonds is 10. The van der Waals surface area contributed by atoms with Crippen molar-refractivity contribution < 1.29 is 14.3 Å². The Morgan fingerprint density at radius 3 is 2.85 bits per heavy atom. The standard InChI is InChI=1S/C18H25N3O3S2/c1-4-5-7-21-12(2)13(18(19)23)9-15(21)14-10-26-16(20-14)6-8-25-11-17(22)24-3/h9-10H,4-8,11H2,1-3H3,(H2,19,23). The summed E-state index contributed by atoms with van der Waals surface area (Å²) in [6.07, 6.45) is 2.90. The van der Waals surface area contributed by atoms with Gasteiger partial charge in [0.25, 0.3) is 5.91 Å². The number of thioether (sulfide) groups is 1. The van der Waals surface area contributed by atoms with E-state index in [0.29, 0.717) is 11.3 Å². The fourth-order valence-electron chi connectivity index (χ4n) is 2.63. The number of nitrogens with zero attached hydrogens (tertiary/aromatic N) is 2. The lowest BCUT2D eigenvalue weighted by Gasteiger charge is -2.09. The van der Waals surface area contributed by atoms with Crippen LogP contribution in [0.2, 0.25) is 0 Å².